The third kappa shape index (κ3) is 6.03. The first-order chi connectivity index (χ1) is 9.28. The first-order valence-electron chi connectivity index (χ1n) is 6.06. The quantitative estimate of drug-likeness (QED) is 0.797. The molecule has 20 heavy (non-hydrogen) atoms. The summed E-state index contributed by atoms with van der Waals surface area (Å²) in [6.07, 6.45) is 2.10. The van der Waals surface area contributed by atoms with Gasteiger partial charge in [0.25, 0.3) is 0 Å². The highest BCUT2D eigenvalue weighted by Gasteiger charge is 2.15. The smallest absolute Gasteiger partial charge is 0.407 e. The minimum absolute atomic E-state index is 0.0441. The predicted molar refractivity (Wildman–Crippen MR) is 70.9 cm³/mol. The van der Waals surface area contributed by atoms with Gasteiger partial charge < -0.3 is 19.9 Å². The summed E-state index contributed by atoms with van der Waals surface area (Å²) in [6, 6.07) is 1.36. The molecule has 0 radical (unpaired) electrons. The molecule has 0 unspecified atom stereocenters. The molecule has 7 heteroatoms. The zero-order valence-corrected chi connectivity index (χ0v) is 11.7. The molecule has 0 spiro atoms. The summed E-state index contributed by atoms with van der Waals surface area (Å²) in [4.78, 5) is 25.8. The van der Waals surface area contributed by atoms with Crippen LogP contribution in [-0.4, -0.2) is 40.9 Å². The number of carboxylic acids is 1. The van der Waals surface area contributed by atoms with Gasteiger partial charge in [-0.05, 0) is 26.8 Å². The first kappa shape index (κ1) is 15.7. The summed E-state index contributed by atoms with van der Waals surface area (Å²) in [7, 11) is 0. The Kier molecular flexibility index (Phi) is 5.31. The first-order valence-corrected chi connectivity index (χ1v) is 6.06. The van der Waals surface area contributed by atoms with E-state index < -0.39 is 17.7 Å². The minimum Gasteiger partial charge on any atom is -0.490 e. The molecule has 1 heterocycles. The molecular formula is C13H18N2O5. The van der Waals surface area contributed by atoms with Crippen LogP contribution in [0.4, 0.5) is 4.79 Å². The molecule has 0 fully saturated rings. The standard InChI is InChI=1S/C13H18N2O5/c1-13(2,3)20-12(18)15-4-5-19-10-6-9(11(16)17)7-14-8-10/h6-8H,4-5H2,1-3H3,(H,15,18)(H,16,17). The number of hydrogen-bond acceptors (Lipinski definition) is 5. The summed E-state index contributed by atoms with van der Waals surface area (Å²) in [5.74, 6) is -0.745. The number of aromatic carboxylic acids is 1. The number of pyridine rings is 1. The van der Waals surface area contributed by atoms with Crippen molar-refractivity contribution in [3.63, 3.8) is 0 Å². The van der Waals surface area contributed by atoms with Gasteiger partial charge in [-0.3, -0.25) is 4.98 Å². The van der Waals surface area contributed by atoms with Crippen molar-refractivity contribution in [1.82, 2.24) is 10.3 Å². The van der Waals surface area contributed by atoms with Gasteiger partial charge in [0.2, 0.25) is 0 Å². The van der Waals surface area contributed by atoms with Crippen molar-refractivity contribution in [2.45, 2.75) is 26.4 Å². The second-order valence-electron chi connectivity index (χ2n) is 4.99. The fourth-order valence-electron chi connectivity index (χ4n) is 1.25. The van der Waals surface area contributed by atoms with Gasteiger partial charge >= 0.3 is 12.1 Å². The van der Waals surface area contributed by atoms with Crippen LogP contribution in [-0.2, 0) is 4.74 Å². The highest BCUT2D eigenvalue weighted by Crippen LogP contribution is 2.11. The number of nitrogens with one attached hydrogen (secondary N) is 1. The Morgan fingerprint density at radius 1 is 1.35 bits per heavy atom. The molecule has 7 nitrogen and oxygen atoms in total. The molecule has 1 aromatic heterocycles. The summed E-state index contributed by atoms with van der Waals surface area (Å²) in [5, 5.41) is 11.3. The average molecular weight is 282 g/mol. The van der Waals surface area contributed by atoms with Crippen molar-refractivity contribution in [2.24, 2.45) is 0 Å². The normalized spacial score (nSPS) is 10.8. The van der Waals surface area contributed by atoms with Gasteiger partial charge in [-0.15, -0.1) is 0 Å². The second kappa shape index (κ2) is 6.74. The molecule has 0 aliphatic carbocycles. The number of carbonyl (C=O) groups is 2. The Bertz CT molecular complexity index is 482. The van der Waals surface area contributed by atoms with Crippen LogP contribution < -0.4 is 10.1 Å². The van der Waals surface area contributed by atoms with E-state index in [-0.39, 0.29) is 18.7 Å². The molecule has 1 aromatic rings. The van der Waals surface area contributed by atoms with E-state index in [1.807, 2.05) is 0 Å². The molecule has 0 aliphatic heterocycles. The van der Waals surface area contributed by atoms with E-state index in [0.717, 1.165) is 0 Å². The largest absolute Gasteiger partial charge is 0.490 e. The maximum Gasteiger partial charge on any atom is 0.407 e. The molecule has 1 rings (SSSR count). The molecule has 110 valence electrons. The van der Waals surface area contributed by atoms with Gasteiger partial charge in [0.05, 0.1) is 18.3 Å². The van der Waals surface area contributed by atoms with E-state index in [4.69, 9.17) is 14.6 Å². The van der Waals surface area contributed by atoms with Gasteiger partial charge in [0, 0.05) is 6.20 Å². The monoisotopic (exact) mass is 282 g/mol. The Labute approximate surface area is 116 Å². The lowest BCUT2D eigenvalue weighted by atomic mass is 10.2. The summed E-state index contributed by atoms with van der Waals surface area (Å²) in [6.45, 7) is 5.74. The van der Waals surface area contributed by atoms with Gasteiger partial charge in [-0.25, -0.2) is 9.59 Å². The second-order valence-corrected chi connectivity index (χ2v) is 4.99. The third-order valence-electron chi connectivity index (χ3n) is 2.00. The van der Waals surface area contributed by atoms with Crippen LogP contribution in [0.25, 0.3) is 0 Å². The van der Waals surface area contributed by atoms with E-state index in [1.165, 1.54) is 18.5 Å². The topological polar surface area (TPSA) is 97.8 Å². The van der Waals surface area contributed by atoms with E-state index in [0.29, 0.717) is 5.75 Å². The van der Waals surface area contributed by atoms with Crippen LogP contribution >= 0.6 is 0 Å². The number of amides is 1. The summed E-state index contributed by atoms with van der Waals surface area (Å²) >= 11 is 0. The number of rotatable bonds is 5. The number of alkyl carbamates (subject to hydrolysis) is 1. The maximum absolute atomic E-state index is 11.3. The number of aromatic nitrogens is 1. The fraction of sp³-hybridized carbons (Fsp3) is 0.462. The molecule has 0 aliphatic rings. The van der Waals surface area contributed by atoms with Gasteiger partial charge in [-0.2, -0.15) is 0 Å². The summed E-state index contributed by atoms with van der Waals surface area (Å²) in [5.41, 5.74) is -0.507. The van der Waals surface area contributed by atoms with Crippen LogP contribution in [0, 0.1) is 0 Å². The minimum atomic E-state index is -1.07. The molecular weight excluding hydrogens is 264 g/mol. The lowest BCUT2D eigenvalue weighted by molar-refractivity contribution is 0.0520. The van der Waals surface area contributed by atoms with E-state index in [2.05, 4.69) is 10.3 Å². The van der Waals surface area contributed by atoms with Crippen molar-refractivity contribution < 1.29 is 24.2 Å². The Morgan fingerprint density at radius 3 is 2.65 bits per heavy atom. The molecule has 0 bridgehead atoms. The molecule has 0 atom stereocenters. The van der Waals surface area contributed by atoms with Crippen molar-refractivity contribution >= 4 is 12.1 Å². The van der Waals surface area contributed by atoms with Crippen LogP contribution in [0.5, 0.6) is 5.75 Å². The number of hydrogen-bond donors (Lipinski definition) is 2. The van der Waals surface area contributed by atoms with Crippen LogP contribution in [0.2, 0.25) is 0 Å². The number of carbonyl (C=O) groups excluding carboxylic acids is 1. The van der Waals surface area contributed by atoms with Crippen molar-refractivity contribution in [2.75, 3.05) is 13.2 Å². The van der Waals surface area contributed by atoms with Gasteiger partial charge in [0.15, 0.2) is 0 Å². The zero-order chi connectivity index (χ0) is 15.2. The lowest BCUT2D eigenvalue weighted by Crippen LogP contribution is -2.34. The van der Waals surface area contributed by atoms with Crippen LogP contribution in [0.3, 0.4) is 0 Å². The van der Waals surface area contributed by atoms with Crippen molar-refractivity contribution in [3.8, 4) is 5.75 Å². The molecule has 2 N–H and O–H groups in total. The highest BCUT2D eigenvalue weighted by molar-refractivity contribution is 5.87. The predicted octanol–water partition coefficient (Wildman–Crippen LogP) is 1.68. The average Bonchev–Trinajstić information content (AvgIpc) is 2.33. The lowest BCUT2D eigenvalue weighted by Gasteiger charge is -2.19. The number of nitrogens with zero attached hydrogens (tertiary/aromatic N) is 1. The molecule has 0 saturated carbocycles. The molecule has 0 saturated heterocycles. The van der Waals surface area contributed by atoms with Gasteiger partial charge in [0.1, 0.15) is 18.0 Å². The molecule has 0 aromatic carbocycles. The zero-order valence-electron chi connectivity index (χ0n) is 11.7. The van der Waals surface area contributed by atoms with E-state index in [1.54, 1.807) is 20.8 Å². The van der Waals surface area contributed by atoms with E-state index >= 15 is 0 Å². The number of ether oxygens (including phenoxy) is 2. The van der Waals surface area contributed by atoms with Crippen LogP contribution in [0.1, 0.15) is 31.1 Å². The summed E-state index contributed by atoms with van der Waals surface area (Å²) < 4.78 is 10.3. The van der Waals surface area contributed by atoms with Crippen LogP contribution in [0.15, 0.2) is 18.5 Å². The SMILES string of the molecule is CC(C)(C)OC(=O)NCCOc1cncc(C(=O)O)c1. The van der Waals surface area contributed by atoms with Crippen molar-refractivity contribution in [3.05, 3.63) is 24.0 Å². The van der Waals surface area contributed by atoms with Crippen molar-refractivity contribution in [1.29, 1.82) is 0 Å². The highest BCUT2D eigenvalue weighted by atomic mass is 16.6. The Morgan fingerprint density at radius 2 is 2.05 bits per heavy atom. The fourth-order valence-corrected chi connectivity index (χ4v) is 1.25. The Hall–Kier alpha value is -2.31. The Balaban J connectivity index is 2.33. The maximum atomic E-state index is 11.3. The third-order valence-corrected chi connectivity index (χ3v) is 2.00. The van der Waals surface area contributed by atoms with E-state index in [9.17, 15) is 9.59 Å². The van der Waals surface area contributed by atoms with Gasteiger partial charge in [-0.1, -0.05) is 0 Å². The number of carboxylic acid groups (broad SMARTS) is 1. The molecule has 1 amide bonds.